The van der Waals surface area contributed by atoms with E-state index in [1.807, 2.05) is 19.7 Å². The Morgan fingerprint density at radius 2 is 0.900 bits per heavy atom. The Bertz CT molecular complexity index is 351. The average molecular weight is 475 g/mol. The van der Waals surface area contributed by atoms with Crippen molar-refractivity contribution in [2.45, 2.75) is 13.8 Å². The first-order valence-electron chi connectivity index (χ1n) is 5.26. The van der Waals surface area contributed by atoms with Crippen LogP contribution in [0.2, 0.25) is 0 Å². The minimum Gasteiger partial charge on any atom is -0.619 e. The fraction of sp³-hybridized carbons (Fsp3) is 0.231. The first kappa shape index (κ1) is 24.4. The zero-order valence-corrected chi connectivity index (χ0v) is 16.5. The standard InChI is InChI=1S/2C6H7NO.CH3Br.2BrH/c2*1-6-2-4-7(8)5-3-6;1-2;;/h2*2-5H,1H3;1H3;2*1H. The largest absolute Gasteiger partial charge is 0.619 e. The van der Waals surface area contributed by atoms with Gasteiger partial charge in [0.25, 0.3) is 0 Å². The molecule has 0 aliphatic carbocycles. The van der Waals surface area contributed by atoms with Gasteiger partial charge in [-0.05, 0) is 30.8 Å². The van der Waals surface area contributed by atoms with E-state index in [-0.39, 0.29) is 34.0 Å². The molecule has 2 heterocycles. The van der Waals surface area contributed by atoms with Crippen LogP contribution in [0.1, 0.15) is 11.1 Å². The second-order valence-corrected chi connectivity index (χ2v) is 3.47. The normalized spacial score (nSPS) is 7.60. The van der Waals surface area contributed by atoms with Gasteiger partial charge in [-0.1, -0.05) is 15.9 Å². The molecule has 2 rings (SSSR count). The molecule has 4 nitrogen and oxygen atoms in total. The van der Waals surface area contributed by atoms with E-state index in [4.69, 9.17) is 0 Å². The molecule has 0 N–H and O–H groups in total. The van der Waals surface area contributed by atoms with Crippen molar-refractivity contribution in [1.82, 2.24) is 0 Å². The van der Waals surface area contributed by atoms with Crippen molar-refractivity contribution in [3.8, 4) is 0 Å². The Morgan fingerprint density at radius 3 is 1.05 bits per heavy atom. The van der Waals surface area contributed by atoms with Crippen LogP contribution in [0.15, 0.2) is 49.1 Å². The molecule has 2 aromatic heterocycles. The zero-order chi connectivity index (χ0) is 14.0. The maximum absolute atomic E-state index is 10.3. The van der Waals surface area contributed by atoms with Crippen LogP contribution in [0.4, 0.5) is 0 Å². The maximum atomic E-state index is 10.3. The number of alkyl halides is 1. The van der Waals surface area contributed by atoms with Gasteiger partial charge in [0.2, 0.25) is 0 Å². The molecule has 0 bridgehead atoms. The van der Waals surface area contributed by atoms with Crippen molar-refractivity contribution in [3.05, 3.63) is 70.6 Å². The smallest absolute Gasteiger partial charge is 0.180 e. The van der Waals surface area contributed by atoms with E-state index in [1.54, 1.807) is 24.3 Å². The number of pyridine rings is 2. The summed E-state index contributed by atoms with van der Waals surface area (Å²) >= 11 is 2.94. The molecule has 114 valence electrons. The summed E-state index contributed by atoms with van der Waals surface area (Å²) in [6.07, 6.45) is 5.93. The molecule has 0 aliphatic heterocycles. The Kier molecular flexibility index (Phi) is 18.0. The van der Waals surface area contributed by atoms with Crippen molar-refractivity contribution in [1.29, 1.82) is 0 Å². The number of rotatable bonds is 0. The lowest BCUT2D eigenvalue weighted by molar-refractivity contribution is -0.605. The van der Waals surface area contributed by atoms with Gasteiger partial charge < -0.3 is 10.4 Å². The Balaban J connectivity index is -0.000000236. The lowest BCUT2D eigenvalue weighted by atomic mass is 10.3. The molecule has 7 heteroatoms. The van der Waals surface area contributed by atoms with E-state index >= 15 is 0 Å². The molecule has 0 saturated carbocycles. The van der Waals surface area contributed by atoms with Crippen LogP contribution in [0.25, 0.3) is 0 Å². The fourth-order valence-electron chi connectivity index (χ4n) is 0.975. The quantitative estimate of drug-likeness (QED) is 0.334. The average Bonchev–Trinajstić information content (AvgIpc) is 2.40. The van der Waals surface area contributed by atoms with Gasteiger partial charge in [-0.15, -0.1) is 34.0 Å². The Hall–Kier alpha value is -0.660. The summed E-state index contributed by atoms with van der Waals surface area (Å²) in [5.74, 6) is 1.81. The molecular formula is C13H19Br3N2O2. The number of aromatic nitrogens is 2. The molecule has 20 heavy (non-hydrogen) atoms. The third kappa shape index (κ3) is 12.4. The molecule has 0 spiro atoms. The molecule has 0 amide bonds. The molecule has 0 atom stereocenters. The van der Waals surface area contributed by atoms with Crippen molar-refractivity contribution < 1.29 is 9.46 Å². The predicted octanol–water partition coefficient (Wildman–Crippen LogP) is 3.42. The predicted molar refractivity (Wildman–Crippen MR) is 95.8 cm³/mol. The molecule has 0 unspecified atom stereocenters. The second kappa shape index (κ2) is 14.7. The molecule has 0 radical (unpaired) electrons. The van der Waals surface area contributed by atoms with Crippen molar-refractivity contribution in [2.24, 2.45) is 0 Å². The summed E-state index contributed by atoms with van der Waals surface area (Å²) in [6.45, 7) is 3.89. The minimum atomic E-state index is 0. The third-order valence-electron chi connectivity index (χ3n) is 1.94. The highest BCUT2D eigenvalue weighted by Gasteiger charge is 1.84. The van der Waals surface area contributed by atoms with Crippen LogP contribution in [0.3, 0.4) is 0 Å². The van der Waals surface area contributed by atoms with Crippen molar-refractivity contribution in [2.75, 3.05) is 5.83 Å². The first-order chi connectivity index (χ1) is 8.58. The Morgan fingerprint density at radius 1 is 0.700 bits per heavy atom. The second-order valence-electron chi connectivity index (χ2n) is 3.47. The molecule has 0 saturated heterocycles. The monoisotopic (exact) mass is 472 g/mol. The van der Waals surface area contributed by atoms with Gasteiger partial charge in [0.05, 0.1) is 0 Å². The van der Waals surface area contributed by atoms with Gasteiger partial charge in [-0.3, -0.25) is 0 Å². The van der Waals surface area contributed by atoms with Gasteiger partial charge >= 0.3 is 0 Å². The van der Waals surface area contributed by atoms with Gasteiger partial charge in [-0.25, -0.2) is 0 Å². The van der Waals surface area contributed by atoms with Crippen LogP contribution in [0, 0.1) is 24.3 Å². The topological polar surface area (TPSA) is 53.9 Å². The summed E-state index contributed by atoms with van der Waals surface area (Å²) in [7, 11) is 0. The number of aryl methyl sites for hydroxylation is 2. The van der Waals surface area contributed by atoms with E-state index < -0.39 is 0 Å². The lowest BCUT2D eigenvalue weighted by Crippen LogP contribution is -2.23. The van der Waals surface area contributed by atoms with E-state index in [1.165, 1.54) is 24.8 Å². The van der Waals surface area contributed by atoms with Crippen LogP contribution < -0.4 is 9.46 Å². The third-order valence-corrected chi connectivity index (χ3v) is 1.94. The zero-order valence-electron chi connectivity index (χ0n) is 11.5. The maximum Gasteiger partial charge on any atom is 0.180 e. The Labute approximate surface area is 149 Å². The summed E-state index contributed by atoms with van der Waals surface area (Å²) in [6, 6.07) is 7.08. The first-order valence-corrected chi connectivity index (χ1v) is 6.85. The summed E-state index contributed by atoms with van der Waals surface area (Å²) < 4.78 is 1.54. The highest BCUT2D eigenvalue weighted by Crippen LogP contribution is 1.88. The van der Waals surface area contributed by atoms with E-state index in [9.17, 15) is 10.4 Å². The summed E-state index contributed by atoms with van der Waals surface area (Å²) in [5.41, 5.74) is 2.22. The minimum absolute atomic E-state index is 0. The summed E-state index contributed by atoms with van der Waals surface area (Å²) in [4.78, 5) is 0. The molecule has 0 aliphatic rings. The van der Waals surface area contributed by atoms with E-state index in [0.717, 1.165) is 20.6 Å². The van der Waals surface area contributed by atoms with Crippen LogP contribution >= 0.6 is 49.9 Å². The highest BCUT2D eigenvalue weighted by molar-refractivity contribution is 9.08. The SMILES string of the molecule is Br.Br.CBr.Cc1cc[n+]([O-])cc1.Cc1cc[n+]([O-])cc1. The van der Waals surface area contributed by atoms with E-state index in [0.29, 0.717) is 0 Å². The van der Waals surface area contributed by atoms with Gasteiger partial charge in [0.15, 0.2) is 24.8 Å². The fourth-order valence-corrected chi connectivity index (χ4v) is 0.975. The number of hydrogen-bond donors (Lipinski definition) is 0. The van der Waals surface area contributed by atoms with Crippen molar-refractivity contribution >= 4 is 49.9 Å². The van der Waals surface area contributed by atoms with Crippen molar-refractivity contribution in [3.63, 3.8) is 0 Å². The van der Waals surface area contributed by atoms with Gasteiger partial charge in [-0.2, -0.15) is 9.46 Å². The van der Waals surface area contributed by atoms with E-state index in [2.05, 4.69) is 15.9 Å². The number of halogens is 3. The van der Waals surface area contributed by atoms with Crippen LogP contribution in [-0.4, -0.2) is 5.83 Å². The highest BCUT2D eigenvalue weighted by atomic mass is 79.9. The molecule has 0 fully saturated rings. The van der Waals surface area contributed by atoms with Crippen LogP contribution in [-0.2, 0) is 0 Å². The van der Waals surface area contributed by atoms with Crippen LogP contribution in [0.5, 0.6) is 0 Å². The van der Waals surface area contributed by atoms with Gasteiger partial charge in [0.1, 0.15) is 0 Å². The summed E-state index contributed by atoms with van der Waals surface area (Å²) in [5, 5.41) is 20.7. The molecule has 2 aromatic rings. The van der Waals surface area contributed by atoms with Gasteiger partial charge in [0, 0.05) is 24.3 Å². The molecule has 0 aromatic carbocycles. The lowest BCUT2D eigenvalue weighted by Gasteiger charge is -1.92. The molecular weight excluding hydrogens is 456 g/mol. The number of hydrogen-bond acceptors (Lipinski definition) is 2. The number of nitrogens with zero attached hydrogens (tertiary/aromatic N) is 2.